The SMILES string of the molecule is COC(=O)C[C@@H](Nc1nc(-c2c[nH]c3ncc(Cl)cc23)ncc1F)C(C)(C)C. The summed E-state index contributed by atoms with van der Waals surface area (Å²) in [5.74, 6) is -0.679. The highest BCUT2D eigenvalue weighted by Gasteiger charge is 2.29. The van der Waals surface area contributed by atoms with Crippen molar-refractivity contribution in [3.63, 3.8) is 0 Å². The second kappa shape index (κ2) is 7.71. The lowest BCUT2D eigenvalue weighted by Gasteiger charge is -2.31. The van der Waals surface area contributed by atoms with Gasteiger partial charge in [-0.2, -0.15) is 0 Å². The Morgan fingerprint density at radius 3 is 2.79 bits per heavy atom. The number of hydrogen-bond acceptors (Lipinski definition) is 6. The van der Waals surface area contributed by atoms with Gasteiger partial charge in [0.1, 0.15) is 5.65 Å². The second-order valence-corrected chi connectivity index (χ2v) is 7.92. The largest absolute Gasteiger partial charge is 0.469 e. The quantitative estimate of drug-likeness (QED) is 0.618. The molecule has 0 saturated carbocycles. The fourth-order valence-corrected chi connectivity index (χ4v) is 2.91. The normalized spacial score (nSPS) is 12.8. The van der Waals surface area contributed by atoms with Crippen LogP contribution in [0.5, 0.6) is 0 Å². The minimum absolute atomic E-state index is 0.0122. The molecule has 0 aliphatic carbocycles. The number of rotatable bonds is 5. The van der Waals surface area contributed by atoms with Gasteiger partial charge in [-0.15, -0.1) is 0 Å². The molecule has 7 nitrogen and oxygen atoms in total. The number of aromatic amines is 1. The number of pyridine rings is 1. The summed E-state index contributed by atoms with van der Waals surface area (Å²) in [6, 6.07) is 1.35. The molecule has 0 unspecified atom stereocenters. The molecular formula is C19H21ClFN5O2. The zero-order chi connectivity index (χ0) is 20.5. The van der Waals surface area contributed by atoms with Crippen molar-refractivity contribution in [2.24, 2.45) is 5.41 Å². The average Bonchev–Trinajstić information content (AvgIpc) is 3.04. The van der Waals surface area contributed by atoms with Crippen LogP contribution in [0.1, 0.15) is 27.2 Å². The van der Waals surface area contributed by atoms with Gasteiger partial charge in [-0.3, -0.25) is 4.79 Å². The molecule has 0 fully saturated rings. The zero-order valence-electron chi connectivity index (χ0n) is 16.0. The standard InChI is InChI=1S/C19H21ClFN5O2/c1-19(2,3)14(6-15(27)28-4)25-18-13(21)9-24-17(26-18)12-8-23-16-11(12)5-10(20)7-22-16/h5,7-9,14H,6H2,1-4H3,(H,22,23)(H,24,25,26)/t14-/m1/s1. The van der Waals surface area contributed by atoms with Gasteiger partial charge < -0.3 is 15.0 Å². The van der Waals surface area contributed by atoms with Crippen LogP contribution in [0.4, 0.5) is 10.2 Å². The number of ether oxygens (including phenoxy) is 1. The smallest absolute Gasteiger partial charge is 0.307 e. The van der Waals surface area contributed by atoms with Crippen molar-refractivity contribution in [2.45, 2.75) is 33.2 Å². The van der Waals surface area contributed by atoms with Gasteiger partial charge in [-0.05, 0) is 11.5 Å². The molecule has 0 aromatic carbocycles. The highest BCUT2D eigenvalue weighted by Crippen LogP contribution is 2.30. The molecule has 0 aliphatic rings. The first kappa shape index (κ1) is 20.0. The topological polar surface area (TPSA) is 92.8 Å². The van der Waals surface area contributed by atoms with Crippen LogP contribution in [0.3, 0.4) is 0 Å². The lowest BCUT2D eigenvalue weighted by atomic mass is 9.84. The Hall–Kier alpha value is -2.74. The molecule has 0 aliphatic heterocycles. The number of nitrogens with one attached hydrogen (secondary N) is 2. The van der Waals surface area contributed by atoms with Crippen molar-refractivity contribution in [3.05, 3.63) is 35.5 Å². The van der Waals surface area contributed by atoms with Crippen molar-refractivity contribution in [1.29, 1.82) is 0 Å². The second-order valence-electron chi connectivity index (χ2n) is 7.49. The third-order valence-electron chi connectivity index (χ3n) is 4.44. The van der Waals surface area contributed by atoms with E-state index < -0.39 is 11.9 Å². The average molecular weight is 406 g/mol. The summed E-state index contributed by atoms with van der Waals surface area (Å²) in [5, 5.41) is 4.24. The monoisotopic (exact) mass is 405 g/mol. The molecule has 28 heavy (non-hydrogen) atoms. The number of H-pyrrole nitrogens is 1. The third-order valence-corrected chi connectivity index (χ3v) is 4.64. The van der Waals surface area contributed by atoms with Crippen LogP contribution in [-0.2, 0) is 9.53 Å². The van der Waals surface area contributed by atoms with Gasteiger partial charge in [0.05, 0.1) is 24.8 Å². The molecule has 0 amide bonds. The van der Waals surface area contributed by atoms with Crippen LogP contribution >= 0.6 is 11.6 Å². The lowest BCUT2D eigenvalue weighted by molar-refractivity contribution is -0.141. The number of nitrogens with zero attached hydrogens (tertiary/aromatic N) is 3. The first-order chi connectivity index (χ1) is 13.2. The van der Waals surface area contributed by atoms with Gasteiger partial charge in [0.15, 0.2) is 17.5 Å². The van der Waals surface area contributed by atoms with Crippen LogP contribution in [-0.4, -0.2) is 39.1 Å². The Bertz CT molecular complexity index is 1020. The maximum absolute atomic E-state index is 14.4. The van der Waals surface area contributed by atoms with Gasteiger partial charge in [0.2, 0.25) is 0 Å². The summed E-state index contributed by atoms with van der Waals surface area (Å²) in [5.41, 5.74) is 0.928. The van der Waals surface area contributed by atoms with E-state index in [0.29, 0.717) is 22.1 Å². The highest BCUT2D eigenvalue weighted by molar-refractivity contribution is 6.31. The number of carbonyl (C=O) groups excluding carboxylic acids is 1. The third kappa shape index (κ3) is 4.22. The molecule has 3 aromatic heterocycles. The number of carbonyl (C=O) groups is 1. The molecule has 1 atom stereocenters. The van der Waals surface area contributed by atoms with Crippen molar-refractivity contribution in [1.82, 2.24) is 19.9 Å². The van der Waals surface area contributed by atoms with Gasteiger partial charge in [-0.25, -0.2) is 19.3 Å². The van der Waals surface area contributed by atoms with Crippen LogP contribution in [0.2, 0.25) is 5.02 Å². The van der Waals surface area contributed by atoms with Crippen molar-refractivity contribution in [2.75, 3.05) is 12.4 Å². The lowest BCUT2D eigenvalue weighted by Crippen LogP contribution is -2.37. The van der Waals surface area contributed by atoms with E-state index in [1.54, 1.807) is 12.3 Å². The predicted octanol–water partition coefficient (Wildman–Crippen LogP) is 4.20. The number of hydrogen-bond donors (Lipinski definition) is 2. The fraction of sp³-hybridized carbons (Fsp3) is 0.368. The molecule has 2 N–H and O–H groups in total. The zero-order valence-corrected chi connectivity index (χ0v) is 16.8. The fourth-order valence-electron chi connectivity index (χ4n) is 2.75. The minimum atomic E-state index is -0.612. The van der Waals surface area contributed by atoms with E-state index in [0.717, 1.165) is 11.6 Å². The molecule has 3 rings (SSSR count). The number of anilines is 1. The van der Waals surface area contributed by atoms with E-state index in [2.05, 4.69) is 25.3 Å². The summed E-state index contributed by atoms with van der Waals surface area (Å²) in [7, 11) is 1.32. The highest BCUT2D eigenvalue weighted by atomic mass is 35.5. The van der Waals surface area contributed by atoms with E-state index in [9.17, 15) is 9.18 Å². The number of fused-ring (bicyclic) bond motifs is 1. The van der Waals surface area contributed by atoms with Gasteiger partial charge in [0, 0.05) is 29.4 Å². The molecule has 0 spiro atoms. The maximum Gasteiger partial charge on any atom is 0.307 e. The van der Waals surface area contributed by atoms with Crippen LogP contribution in [0.15, 0.2) is 24.7 Å². The van der Waals surface area contributed by atoms with E-state index in [-0.39, 0.29) is 23.6 Å². The van der Waals surface area contributed by atoms with Crippen LogP contribution < -0.4 is 5.32 Å². The van der Waals surface area contributed by atoms with E-state index >= 15 is 0 Å². The molecule has 0 saturated heterocycles. The first-order valence-electron chi connectivity index (χ1n) is 8.68. The Balaban J connectivity index is 1.98. The first-order valence-corrected chi connectivity index (χ1v) is 9.05. The summed E-state index contributed by atoms with van der Waals surface area (Å²) >= 11 is 6.04. The summed E-state index contributed by atoms with van der Waals surface area (Å²) in [6.45, 7) is 5.84. The Labute approximate surface area is 166 Å². The summed E-state index contributed by atoms with van der Waals surface area (Å²) < 4.78 is 19.2. The Kier molecular flexibility index (Phi) is 5.51. The van der Waals surface area contributed by atoms with Crippen molar-refractivity contribution >= 4 is 34.4 Å². The Morgan fingerprint density at radius 1 is 1.36 bits per heavy atom. The maximum atomic E-state index is 14.4. The predicted molar refractivity (Wildman–Crippen MR) is 106 cm³/mol. The molecule has 0 bridgehead atoms. The number of methoxy groups -OCH3 is 1. The van der Waals surface area contributed by atoms with Crippen molar-refractivity contribution in [3.8, 4) is 11.4 Å². The molecule has 0 radical (unpaired) electrons. The number of aromatic nitrogens is 4. The van der Waals surface area contributed by atoms with Crippen molar-refractivity contribution < 1.29 is 13.9 Å². The van der Waals surface area contributed by atoms with Gasteiger partial charge >= 0.3 is 5.97 Å². The molecule has 9 heteroatoms. The number of esters is 1. The van der Waals surface area contributed by atoms with E-state index in [1.807, 2.05) is 20.8 Å². The summed E-state index contributed by atoms with van der Waals surface area (Å²) in [6.07, 6.45) is 4.40. The molecular weight excluding hydrogens is 385 g/mol. The summed E-state index contributed by atoms with van der Waals surface area (Å²) in [4.78, 5) is 27.4. The van der Waals surface area contributed by atoms with E-state index in [1.165, 1.54) is 13.3 Å². The van der Waals surface area contributed by atoms with Gasteiger partial charge in [0.25, 0.3) is 0 Å². The Morgan fingerprint density at radius 2 is 2.11 bits per heavy atom. The number of halogens is 2. The molecule has 3 aromatic rings. The molecule has 3 heterocycles. The van der Waals surface area contributed by atoms with E-state index in [4.69, 9.17) is 16.3 Å². The van der Waals surface area contributed by atoms with Crippen LogP contribution in [0, 0.1) is 11.2 Å². The van der Waals surface area contributed by atoms with Gasteiger partial charge in [-0.1, -0.05) is 32.4 Å². The molecule has 148 valence electrons. The van der Waals surface area contributed by atoms with Crippen LogP contribution in [0.25, 0.3) is 22.4 Å². The minimum Gasteiger partial charge on any atom is -0.469 e.